The molecule has 0 aliphatic carbocycles. The third kappa shape index (κ3) is 7.63. The van der Waals surface area contributed by atoms with E-state index in [1.54, 1.807) is 0 Å². The molecule has 3 rings (SSSR count). The summed E-state index contributed by atoms with van der Waals surface area (Å²) in [5.74, 6) is -0.910. The smallest absolute Gasteiger partial charge is 0.243 e. The zero-order valence-electron chi connectivity index (χ0n) is 19.3. The topological polar surface area (TPSA) is 90.1 Å². The first-order valence-corrected chi connectivity index (χ1v) is 11.6. The second-order valence-corrected chi connectivity index (χ2v) is 8.98. The number of nitrogens with one attached hydrogen (secondary N) is 3. The van der Waals surface area contributed by atoms with E-state index in [2.05, 4.69) is 39.3 Å². The summed E-state index contributed by atoms with van der Waals surface area (Å²) in [6.45, 7) is 7.00. The Bertz CT molecular complexity index is 941. The van der Waals surface area contributed by atoms with E-state index in [9.17, 15) is 18.4 Å². The molecule has 1 fully saturated rings. The fourth-order valence-electron chi connectivity index (χ4n) is 3.86. The predicted octanol–water partition coefficient (Wildman–Crippen LogP) is 3.38. The van der Waals surface area contributed by atoms with Crippen molar-refractivity contribution in [3.05, 3.63) is 41.9 Å². The van der Waals surface area contributed by atoms with Gasteiger partial charge in [0.2, 0.25) is 11.8 Å². The third-order valence-corrected chi connectivity index (χ3v) is 5.81. The van der Waals surface area contributed by atoms with Gasteiger partial charge in [0.05, 0.1) is 18.4 Å². The SMILES string of the molecule is CC(C)CCC(=O)NC(CCN1CCCC1)C(=O)NCc1ncc(-c2ccc(F)cc2F)[nH]1. The fourth-order valence-corrected chi connectivity index (χ4v) is 3.86. The summed E-state index contributed by atoms with van der Waals surface area (Å²) in [4.78, 5) is 34.7. The number of carbonyl (C=O) groups is 2. The van der Waals surface area contributed by atoms with Gasteiger partial charge in [-0.25, -0.2) is 13.8 Å². The van der Waals surface area contributed by atoms with Gasteiger partial charge >= 0.3 is 0 Å². The molecule has 0 spiro atoms. The number of hydrogen-bond donors (Lipinski definition) is 3. The number of rotatable bonds is 11. The second kappa shape index (κ2) is 11.9. The minimum absolute atomic E-state index is 0.101. The quantitative estimate of drug-likeness (QED) is 0.479. The van der Waals surface area contributed by atoms with Crippen molar-refractivity contribution < 1.29 is 18.4 Å². The molecule has 1 unspecified atom stereocenters. The van der Waals surface area contributed by atoms with E-state index in [4.69, 9.17) is 0 Å². The Morgan fingerprint density at radius 2 is 1.94 bits per heavy atom. The number of imidazole rings is 1. The van der Waals surface area contributed by atoms with Gasteiger partial charge in [-0.15, -0.1) is 0 Å². The highest BCUT2D eigenvalue weighted by atomic mass is 19.1. The first kappa shape index (κ1) is 24.8. The van der Waals surface area contributed by atoms with Crippen molar-refractivity contribution in [3.8, 4) is 11.3 Å². The first-order valence-electron chi connectivity index (χ1n) is 11.6. The molecule has 1 aliphatic heterocycles. The van der Waals surface area contributed by atoms with Crippen molar-refractivity contribution in [2.24, 2.45) is 5.92 Å². The Kier molecular flexibility index (Phi) is 8.94. The molecule has 9 heteroatoms. The van der Waals surface area contributed by atoms with Crippen LogP contribution >= 0.6 is 0 Å². The standard InChI is InChI=1S/C24H33F2N5O2/c1-16(2)5-8-23(32)30-20(9-12-31-10-3-4-11-31)24(33)28-15-22-27-14-21(29-22)18-7-6-17(25)13-19(18)26/h6-7,13-14,16,20H,3-5,8-12,15H2,1-2H3,(H,27,29)(H,28,33)(H,30,32). The summed E-state index contributed by atoms with van der Waals surface area (Å²) in [5.41, 5.74) is 0.590. The van der Waals surface area contributed by atoms with Crippen molar-refractivity contribution in [1.82, 2.24) is 25.5 Å². The Labute approximate surface area is 193 Å². The summed E-state index contributed by atoms with van der Waals surface area (Å²) < 4.78 is 27.2. The van der Waals surface area contributed by atoms with Crippen molar-refractivity contribution in [2.45, 2.75) is 58.5 Å². The number of H-pyrrole nitrogens is 1. The lowest BCUT2D eigenvalue weighted by atomic mass is 10.1. The molecule has 7 nitrogen and oxygen atoms in total. The van der Waals surface area contributed by atoms with Gasteiger partial charge in [0, 0.05) is 24.6 Å². The van der Waals surface area contributed by atoms with E-state index in [1.165, 1.54) is 18.3 Å². The van der Waals surface area contributed by atoms with Gasteiger partial charge < -0.3 is 20.5 Å². The third-order valence-electron chi connectivity index (χ3n) is 5.81. The molecule has 1 aliphatic rings. The molecular weight excluding hydrogens is 428 g/mol. The molecule has 3 N–H and O–H groups in total. The number of amides is 2. The molecule has 180 valence electrons. The lowest BCUT2D eigenvalue weighted by Gasteiger charge is -2.22. The summed E-state index contributed by atoms with van der Waals surface area (Å²) in [6, 6.07) is 2.69. The van der Waals surface area contributed by atoms with Crippen LogP contribution < -0.4 is 10.6 Å². The highest BCUT2D eigenvalue weighted by Crippen LogP contribution is 2.21. The van der Waals surface area contributed by atoms with Gasteiger partial charge in [0.1, 0.15) is 23.5 Å². The van der Waals surface area contributed by atoms with E-state index in [-0.39, 0.29) is 23.9 Å². The van der Waals surface area contributed by atoms with E-state index in [0.29, 0.717) is 30.3 Å². The molecule has 0 saturated carbocycles. The van der Waals surface area contributed by atoms with Crippen LogP contribution in [0.25, 0.3) is 11.3 Å². The van der Waals surface area contributed by atoms with Crippen molar-refractivity contribution in [3.63, 3.8) is 0 Å². The minimum Gasteiger partial charge on any atom is -0.347 e. The van der Waals surface area contributed by atoms with Crippen molar-refractivity contribution in [1.29, 1.82) is 0 Å². The van der Waals surface area contributed by atoms with Gasteiger partial charge in [-0.3, -0.25) is 9.59 Å². The van der Waals surface area contributed by atoms with Crippen molar-refractivity contribution in [2.75, 3.05) is 19.6 Å². The molecule has 2 amide bonds. The highest BCUT2D eigenvalue weighted by molar-refractivity contribution is 5.87. The van der Waals surface area contributed by atoms with E-state index in [1.807, 2.05) is 0 Å². The van der Waals surface area contributed by atoms with Crippen LogP contribution in [0.4, 0.5) is 8.78 Å². The normalized spacial score (nSPS) is 15.1. The van der Waals surface area contributed by atoms with Crippen LogP contribution in [0, 0.1) is 17.6 Å². The van der Waals surface area contributed by atoms with Gasteiger partial charge in [0.15, 0.2) is 0 Å². The van der Waals surface area contributed by atoms with Gasteiger partial charge in [-0.1, -0.05) is 13.8 Å². The number of hydrogen-bond acceptors (Lipinski definition) is 4. The Balaban J connectivity index is 1.58. The van der Waals surface area contributed by atoms with Crippen LogP contribution in [-0.2, 0) is 16.1 Å². The Hall–Kier alpha value is -2.81. The maximum atomic E-state index is 14.0. The Morgan fingerprint density at radius 1 is 1.18 bits per heavy atom. The van der Waals surface area contributed by atoms with Crippen LogP contribution in [0.5, 0.6) is 0 Å². The van der Waals surface area contributed by atoms with Crippen LogP contribution in [0.15, 0.2) is 24.4 Å². The number of likely N-dealkylation sites (tertiary alicyclic amines) is 1. The van der Waals surface area contributed by atoms with E-state index < -0.39 is 17.7 Å². The Morgan fingerprint density at radius 3 is 2.64 bits per heavy atom. The lowest BCUT2D eigenvalue weighted by molar-refractivity contribution is -0.129. The molecule has 1 saturated heterocycles. The molecule has 0 bridgehead atoms. The van der Waals surface area contributed by atoms with Gasteiger partial charge in [-0.2, -0.15) is 0 Å². The maximum absolute atomic E-state index is 14.0. The summed E-state index contributed by atoms with van der Waals surface area (Å²) in [5, 5.41) is 5.70. The van der Waals surface area contributed by atoms with Crippen LogP contribution in [0.2, 0.25) is 0 Å². The average molecular weight is 462 g/mol. The molecule has 1 aromatic carbocycles. The van der Waals surface area contributed by atoms with Gasteiger partial charge in [0.25, 0.3) is 0 Å². The second-order valence-electron chi connectivity index (χ2n) is 8.98. The van der Waals surface area contributed by atoms with Gasteiger partial charge in [-0.05, 0) is 56.8 Å². The number of nitrogens with zero attached hydrogens (tertiary/aromatic N) is 2. The highest BCUT2D eigenvalue weighted by Gasteiger charge is 2.23. The molecule has 1 aromatic heterocycles. The number of aromatic nitrogens is 2. The molecule has 0 radical (unpaired) electrons. The lowest BCUT2D eigenvalue weighted by Crippen LogP contribution is -2.48. The monoisotopic (exact) mass is 461 g/mol. The average Bonchev–Trinajstić information content (AvgIpc) is 3.45. The fraction of sp³-hybridized carbons (Fsp3) is 0.542. The molecular formula is C24H33F2N5O2. The molecule has 1 atom stereocenters. The number of aromatic amines is 1. The molecule has 33 heavy (non-hydrogen) atoms. The molecule has 2 heterocycles. The number of halogens is 2. The van der Waals surface area contributed by atoms with E-state index in [0.717, 1.165) is 45.0 Å². The summed E-state index contributed by atoms with van der Waals surface area (Å²) >= 11 is 0. The van der Waals surface area contributed by atoms with Crippen LogP contribution in [0.3, 0.4) is 0 Å². The predicted molar refractivity (Wildman–Crippen MR) is 122 cm³/mol. The van der Waals surface area contributed by atoms with Crippen LogP contribution in [0.1, 0.15) is 51.8 Å². The van der Waals surface area contributed by atoms with E-state index >= 15 is 0 Å². The first-order chi connectivity index (χ1) is 15.8. The maximum Gasteiger partial charge on any atom is 0.243 e. The zero-order valence-corrected chi connectivity index (χ0v) is 19.3. The summed E-state index contributed by atoms with van der Waals surface area (Å²) in [7, 11) is 0. The zero-order chi connectivity index (χ0) is 23.8. The molecule has 2 aromatic rings. The van der Waals surface area contributed by atoms with Crippen LogP contribution in [-0.4, -0.2) is 52.4 Å². The number of benzene rings is 1. The minimum atomic E-state index is -0.694. The largest absolute Gasteiger partial charge is 0.347 e. The van der Waals surface area contributed by atoms with Crippen molar-refractivity contribution >= 4 is 11.8 Å². The number of carbonyl (C=O) groups excluding carboxylic acids is 2. The summed E-state index contributed by atoms with van der Waals surface area (Å²) in [6.07, 6.45) is 5.44.